The predicted octanol–water partition coefficient (Wildman–Crippen LogP) is 5.98. The van der Waals surface area contributed by atoms with Crippen LogP contribution in [0.1, 0.15) is 123 Å². The summed E-state index contributed by atoms with van der Waals surface area (Å²) in [6.07, 6.45) is 22.5. The molecule has 0 saturated heterocycles. The Morgan fingerprint density at radius 3 is 1.41 bits per heavy atom. The maximum Gasteiger partial charge on any atom is 0.394 e. The molecule has 0 fully saturated rings. The van der Waals surface area contributed by atoms with E-state index in [1.165, 1.54) is 95.6 Å². The predicted molar refractivity (Wildman–Crippen MR) is 139 cm³/mol. The maximum absolute atomic E-state index is 9.78. The first-order chi connectivity index (χ1) is 15.2. The third kappa shape index (κ3) is 34.7. The molecule has 0 heterocycles. The van der Waals surface area contributed by atoms with Crippen molar-refractivity contribution in [2.75, 3.05) is 23.9 Å². The minimum Gasteiger partial charge on any atom is -0.396 e. The Hall–Kier alpha value is 0.140. The van der Waals surface area contributed by atoms with Gasteiger partial charge in [0.15, 0.2) is 0 Å². The van der Waals surface area contributed by atoms with E-state index in [-0.39, 0.29) is 6.10 Å². The summed E-state index contributed by atoms with van der Waals surface area (Å²) >= 11 is 0. The average Bonchev–Trinajstić information content (AvgIpc) is 2.73. The molecule has 0 rings (SSSR count). The van der Waals surface area contributed by atoms with Crippen LogP contribution in [0.5, 0.6) is 0 Å². The van der Waals surface area contributed by atoms with Gasteiger partial charge in [0, 0.05) is 19.4 Å². The largest absolute Gasteiger partial charge is 0.396 e. The fraction of sp³-hybridized carbons (Fsp3) is 1.00. The van der Waals surface area contributed by atoms with E-state index in [9.17, 15) is 5.11 Å². The van der Waals surface area contributed by atoms with Gasteiger partial charge in [-0.25, -0.2) is 0 Å². The Kier molecular flexibility index (Phi) is 27.6. The van der Waals surface area contributed by atoms with Gasteiger partial charge in [0.25, 0.3) is 0 Å². The van der Waals surface area contributed by atoms with Gasteiger partial charge in [-0.3, -0.25) is 9.11 Å². The van der Waals surface area contributed by atoms with Crippen LogP contribution in [0.3, 0.4) is 0 Å². The van der Waals surface area contributed by atoms with Crippen LogP contribution < -0.4 is 0 Å². The fourth-order valence-corrected chi connectivity index (χ4v) is 5.95. The smallest absolute Gasteiger partial charge is 0.394 e. The molecule has 0 aromatic rings. The molecular weight excluding hydrogens is 448 g/mol. The number of hydrogen-bond donors (Lipinski definition) is 4. The standard InChI is InChI=1S/C24H51O2S.H2O4S/c1-3-5-6-7-8-9-10-11-12-13-14-15-16-17-21-27(22-18-20-25)23-19-24(26)4-2;1-5(2,3)4/h24-26H,3-23H2,1-2H3;(H2,1,2,3,4)/q+1;/t24?,27-;/m0./s1. The summed E-state index contributed by atoms with van der Waals surface area (Å²) in [7, 11) is -4.25. The number of rotatable bonds is 22. The highest BCUT2D eigenvalue weighted by atomic mass is 32.3. The monoisotopic (exact) mass is 501 g/mol. The molecule has 0 spiro atoms. The van der Waals surface area contributed by atoms with Crippen molar-refractivity contribution < 1.29 is 27.7 Å². The lowest BCUT2D eigenvalue weighted by atomic mass is 10.0. The van der Waals surface area contributed by atoms with Gasteiger partial charge >= 0.3 is 10.4 Å². The normalized spacial score (nSPS) is 13.4. The molecule has 0 saturated carbocycles. The van der Waals surface area contributed by atoms with Gasteiger partial charge in [-0.15, -0.1) is 0 Å². The van der Waals surface area contributed by atoms with Gasteiger partial charge in [0.2, 0.25) is 0 Å². The Morgan fingerprint density at radius 2 is 1.03 bits per heavy atom. The van der Waals surface area contributed by atoms with Gasteiger partial charge < -0.3 is 10.2 Å². The summed E-state index contributed by atoms with van der Waals surface area (Å²) in [5.41, 5.74) is 0. The molecule has 196 valence electrons. The summed E-state index contributed by atoms with van der Waals surface area (Å²) in [6, 6.07) is 0. The molecule has 8 heteroatoms. The summed E-state index contributed by atoms with van der Waals surface area (Å²) in [5.74, 6) is 3.63. The summed E-state index contributed by atoms with van der Waals surface area (Å²) in [6.45, 7) is 4.66. The number of unbranched alkanes of at least 4 members (excludes halogenated alkanes) is 13. The quantitative estimate of drug-likeness (QED) is 0.0824. The topological polar surface area (TPSA) is 115 Å². The molecule has 1 unspecified atom stereocenters. The maximum atomic E-state index is 9.78. The van der Waals surface area contributed by atoms with E-state index in [1.54, 1.807) is 0 Å². The summed E-state index contributed by atoms with van der Waals surface area (Å²) < 4.78 is 31.6. The first-order valence-electron chi connectivity index (χ1n) is 12.9. The number of hydrogen-bond acceptors (Lipinski definition) is 4. The van der Waals surface area contributed by atoms with Crippen molar-refractivity contribution in [1.29, 1.82) is 0 Å². The zero-order chi connectivity index (χ0) is 24.5. The third-order valence-corrected chi connectivity index (χ3v) is 8.13. The van der Waals surface area contributed by atoms with E-state index in [0.29, 0.717) is 17.5 Å². The molecule has 4 N–H and O–H groups in total. The van der Waals surface area contributed by atoms with Crippen molar-refractivity contribution in [3.8, 4) is 0 Å². The minimum atomic E-state index is -4.67. The van der Waals surface area contributed by atoms with Crippen molar-refractivity contribution >= 4 is 21.3 Å². The Bertz CT molecular complexity index is 451. The lowest BCUT2D eigenvalue weighted by molar-refractivity contribution is 0.167. The van der Waals surface area contributed by atoms with Crippen LogP contribution in [-0.4, -0.2) is 57.7 Å². The first-order valence-corrected chi connectivity index (χ1v) is 16.0. The summed E-state index contributed by atoms with van der Waals surface area (Å²) in [5, 5.41) is 18.9. The van der Waals surface area contributed by atoms with E-state index in [2.05, 4.69) is 13.8 Å². The first kappa shape index (κ1) is 34.3. The summed E-state index contributed by atoms with van der Waals surface area (Å²) in [4.78, 5) is 0. The second-order valence-corrected chi connectivity index (χ2v) is 12.0. The zero-order valence-electron chi connectivity index (χ0n) is 20.8. The lowest BCUT2D eigenvalue weighted by Crippen LogP contribution is -2.21. The van der Waals surface area contributed by atoms with Crippen LogP contribution in [-0.2, 0) is 21.3 Å². The molecule has 0 aromatic heterocycles. The van der Waals surface area contributed by atoms with Crippen LogP contribution >= 0.6 is 0 Å². The van der Waals surface area contributed by atoms with Crippen LogP contribution in [0.25, 0.3) is 0 Å². The zero-order valence-corrected chi connectivity index (χ0v) is 22.5. The van der Waals surface area contributed by atoms with E-state index in [0.717, 1.165) is 30.8 Å². The fourth-order valence-electron chi connectivity index (χ4n) is 3.58. The molecular formula is C24H53O6S2+. The van der Waals surface area contributed by atoms with E-state index < -0.39 is 10.4 Å². The van der Waals surface area contributed by atoms with Crippen LogP contribution in [0.2, 0.25) is 0 Å². The molecule has 32 heavy (non-hydrogen) atoms. The molecule has 0 aliphatic carbocycles. The molecule has 2 atom stereocenters. The van der Waals surface area contributed by atoms with Gasteiger partial charge in [0.05, 0.1) is 6.10 Å². The molecule has 0 bridgehead atoms. The number of aliphatic hydroxyl groups is 2. The molecule has 0 aromatic carbocycles. The molecule has 6 nitrogen and oxygen atoms in total. The van der Waals surface area contributed by atoms with Gasteiger partial charge in [-0.1, -0.05) is 90.9 Å². The SMILES string of the molecule is CCCCCCCCCCCCCCCC[S@@+](CCCO)CCC(O)CC.O=S(=O)(O)O. The Balaban J connectivity index is 0. The average molecular weight is 502 g/mol. The van der Waals surface area contributed by atoms with E-state index in [4.69, 9.17) is 22.6 Å². The Morgan fingerprint density at radius 1 is 0.656 bits per heavy atom. The lowest BCUT2D eigenvalue weighted by Gasteiger charge is -2.11. The van der Waals surface area contributed by atoms with E-state index >= 15 is 0 Å². The van der Waals surface area contributed by atoms with Crippen molar-refractivity contribution in [2.45, 2.75) is 129 Å². The van der Waals surface area contributed by atoms with Crippen LogP contribution in [0, 0.1) is 0 Å². The van der Waals surface area contributed by atoms with Crippen LogP contribution in [0.15, 0.2) is 0 Å². The molecule has 0 aliphatic heterocycles. The second-order valence-electron chi connectivity index (χ2n) is 8.70. The van der Waals surface area contributed by atoms with Crippen LogP contribution in [0.4, 0.5) is 0 Å². The highest BCUT2D eigenvalue weighted by Gasteiger charge is 2.18. The van der Waals surface area contributed by atoms with Crippen molar-refractivity contribution in [3.05, 3.63) is 0 Å². The van der Waals surface area contributed by atoms with Crippen molar-refractivity contribution in [1.82, 2.24) is 0 Å². The second kappa shape index (κ2) is 25.8. The van der Waals surface area contributed by atoms with E-state index in [1.807, 2.05) is 0 Å². The Labute approximate surface area is 201 Å². The highest BCUT2D eigenvalue weighted by Crippen LogP contribution is 2.14. The van der Waals surface area contributed by atoms with Gasteiger partial charge in [-0.2, -0.15) is 8.42 Å². The molecule has 0 amide bonds. The highest BCUT2D eigenvalue weighted by molar-refractivity contribution is 7.96. The van der Waals surface area contributed by atoms with Gasteiger partial charge in [0.1, 0.15) is 17.3 Å². The minimum absolute atomic E-state index is 0.120. The number of aliphatic hydroxyl groups excluding tert-OH is 2. The molecule has 0 radical (unpaired) electrons. The third-order valence-electron chi connectivity index (χ3n) is 5.59. The van der Waals surface area contributed by atoms with Crippen molar-refractivity contribution in [3.63, 3.8) is 0 Å². The molecule has 0 aliphatic rings. The van der Waals surface area contributed by atoms with Crippen molar-refractivity contribution in [2.24, 2.45) is 0 Å². The van der Waals surface area contributed by atoms with Gasteiger partial charge in [-0.05, 0) is 30.2 Å².